The lowest BCUT2D eigenvalue weighted by atomic mass is 9.94. The van der Waals surface area contributed by atoms with Gasteiger partial charge in [-0.1, -0.05) is 31.5 Å². The Hall–Kier alpha value is -3.32. The Labute approximate surface area is 194 Å². The molecule has 1 unspecified atom stereocenters. The van der Waals surface area contributed by atoms with E-state index in [0.29, 0.717) is 48.8 Å². The van der Waals surface area contributed by atoms with Crippen molar-refractivity contribution >= 4 is 17.4 Å². The number of ketones is 1. The van der Waals surface area contributed by atoms with Crippen LogP contribution in [-0.4, -0.2) is 55.7 Å². The molecule has 1 aliphatic heterocycles. The van der Waals surface area contributed by atoms with E-state index in [1.165, 1.54) is 12.0 Å². The molecule has 1 atom stereocenters. The number of carbonyl (C=O) groups is 2. The molecule has 0 aliphatic carbocycles. The molecule has 33 heavy (non-hydrogen) atoms. The summed E-state index contributed by atoms with van der Waals surface area (Å²) in [6.45, 7) is 3.46. The third-order valence-corrected chi connectivity index (χ3v) is 5.62. The number of nitrogens with zero attached hydrogens (tertiary/aromatic N) is 1. The number of likely N-dealkylation sites (tertiary alicyclic amines) is 1. The molecule has 1 heterocycles. The standard InChI is InChI=1S/C26H31NO6/c1-4-5-17-33-19-13-11-18(12-14-19)24(28)22-23(20-9-6-7-10-21(20)32-3)27(15-8-16-31-2)26(30)25(22)29/h6-7,9-14,23,28H,4-5,8,15-17H2,1-3H3/b24-22+. The molecule has 1 saturated heterocycles. The van der Waals surface area contributed by atoms with Gasteiger partial charge >= 0.3 is 0 Å². The molecule has 1 N–H and O–H groups in total. The van der Waals surface area contributed by atoms with Gasteiger partial charge in [-0.3, -0.25) is 9.59 Å². The normalized spacial score (nSPS) is 17.4. The van der Waals surface area contributed by atoms with Gasteiger partial charge in [-0.25, -0.2) is 0 Å². The Morgan fingerprint density at radius 3 is 2.39 bits per heavy atom. The van der Waals surface area contributed by atoms with Crippen molar-refractivity contribution in [2.45, 2.75) is 32.2 Å². The van der Waals surface area contributed by atoms with Gasteiger partial charge in [0.25, 0.3) is 11.7 Å². The Kier molecular flexibility index (Phi) is 8.49. The van der Waals surface area contributed by atoms with Crippen molar-refractivity contribution in [1.29, 1.82) is 0 Å². The molecule has 0 aromatic heterocycles. The highest BCUT2D eigenvalue weighted by Gasteiger charge is 2.46. The minimum absolute atomic E-state index is 0.0431. The molecule has 2 aromatic carbocycles. The minimum atomic E-state index is -0.765. The van der Waals surface area contributed by atoms with Gasteiger partial charge in [-0.2, -0.15) is 0 Å². The molecule has 2 aromatic rings. The van der Waals surface area contributed by atoms with E-state index in [2.05, 4.69) is 6.92 Å². The highest BCUT2D eigenvalue weighted by Crippen LogP contribution is 2.42. The van der Waals surface area contributed by atoms with Gasteiger partial charge in [0.1, 0.15) is 17.3 Å². The lowest BCUT2D eigenvalue weighted by Gasteiger charge is -2.26. The van der Waals surface area contributed by atoms with Crippen LogP contribution in [-0.2, 0) is 14.3 Å². The van der Waals surface area contributed by atoms with Crippen LogP contribution in [0, 0.1) is 0 Å². The SMILES string of the molecule is CCCCOc1ccc(/C(O)=C2\C(=O)C(=O)N(CCCOC)C2c2ccccc2OC)cc1. The number of aliphatic hydroxyl groups is 1. The summed E-state index contributed by atoms with van der Waals surface area (Å²) < 4.78 is 16.3. The van der Waals surface area contributed by atoms with Gasteiger partial charge in [0.15, 0.2) is 0 Å². The summed E-state index contributed by atoms with van der Waals surface area (Å²) >= 11 is 0. The molecular formula is C26H31NO6. The number of benzene rings is 2. The fourth-order valence-electron chi connectivity index (χ4n) is 3.90. The Balaban J connectivity index is 2.03. The Bertz CT molecular complexity index is 998. The first-order valence-corrected chi connectivity index (χ1v) is 11.2. The van der Waals surface area contributed by atoms with Gasteiger partial charge in [-0.05, 0) is 43.2 Å². The van der Waals surface area contributed by atoms with Crippen LogP contribution in [0.3, 0.4) is 0 Å². The van der Waals surface area contributed by atoms with Crippen molar-refractivity contribution in [2.75, 3.05) is 34.0 Å². The predicted molar refractivity (Wildman–Crippen MR) is 125 cm³/mol. The van der Waals surface area contributed by atoms with Crippen molar-refractivity contribution < 1.29 is 28.9 Å². The highest BCUT2D eigenvalue weighted by atomic mass is 16.5. The minimum Gasteiger partial charge on any atom is -0.507 e. The molecular weight excluding hydrogens is 422 g/mol. The second-order valence-corrected chi connectivity index (χ2v) is 7.81. The summed E-state index contributed by atoms with van der Waals surface area (Å²) in [6, 6.07) is 13.3. The van der Waals surface area contributed by atoms with Crippen molar-refractivity contribution in [3.63, 3.8) is 0 Å². The van der Waals surface area contributed by atoms with Crippen LogP contribution in [0.25, 0.3) is 5.76 Å². The molecule has 1 fully saturated rings. The van der Waals surface area contributed by atoms with Crippen LogP contribution in [0.2, 0.25) is 0 Å². The summed E-state index contributed by atoms with van der Waals surface area (Å²) in [7, 11) is 3.12. The Morgan fingerprint density at radius 1 is 1.00 bits per heavy atom. The second kappa shape index (κ2) is 11.5. The second-order valence-electron chi connectivity index (χ2n) is 7.81. The van der Waals surface area contributed by atoms with Crippen LogP contribution in [0.4, 0.5) is 0 Å². The maximum Gasteiger partial charge on any atom is 0.295 e. The molecule has 7 heteroatoms. The van der Waals surface area contributed by atoms with E-state index < -0.39 is 17.7 Å². The lowest BCUT2D eigenvalue weighted by Crippen LogP contribution is -2.31. The van der Waals surface area contributed by atoms with Crippen LogP contribution >= 0.6 is 0 Å². The number of amides is 1. The third kappa shape index (κ3) is 5.37. The first-order valence-electron chi connectivity index (χ1n) is 11.2. The zero-order valence-electron chi connectivity index (χ0n) is 19.4. The van der Waals surface area contributed by atoms with E-state index >= 15 is 0 Å². The number of hydrogen-bond donors (Lipinski definition) is 1. The van der Waals surface area contributed by atoms with Gasteiger partial charge in [0, 0.05) is 31.4 Å². The molecule has 0 saturated carbocycles. The molecule has 7 nitrogen and oxygen atoms in total. The number of rotatable bonds is 11. The van der Waals surface area contributed by atoms with Gasteiger partial charge in [0.05, 0.1) is 25.3 Å². The lowest BCUT2D eigenvalue weighted by molar-refractivity contribution is -0.140. The molecule has 1 aliphatic rings. The summed E-state index contributed by atoms with van der Waals surface area (Å²) in [5.74, 6) is -0.376. The van der Waals surface area contributed by atoms with E-state index in [0.717, 1.165) is 12.8 Å². The summed E-state index contributed by atoms with van der Waals surface area (Å²) in [5, 5.41) is 11.2. The summed E-state index contributed by atoms with van der Waals surface area (Å²) in [6.07, 6.45) is 2.54. The zero-order valence-corrected chi connectivity index (χ0v) is 19.4. The van der Waals surface area contributed by atoms with Crippen molar-refractivity contribution in [1.82, 2.24) is 4.90 Å². The molecule has 3 rings (SSSR count). The predicted octanol–water partition coefficient (Wildman–Crippen LogP) is 4.33. The van der Waals surface area contributed by atoms with Gasteiger partial charge < -0.3 is 24.2 Å². The van der Waals surface area contributed by atoms with Crippen molar-refractivity contribution in [2.24, 2.45) is 0 Å². The first-order chi connectivity index (χ1) is 16.0. The maximum absolute atomic E-state index is 13.1. The number of Topliss-reactive ketones (excluding diaryl/α,β-unsaturated/α-hetero) is 1. The first kappa shape index (κ1) is 24.3. The van der Waals surface area contributed by atoms with Crippen molar-refractivity contribution in [3.8, 4) is 11.5 Å². The van der Waals surface area contributed by atoms with Crippen LogP contribution in [0.15, 0.2) is 54.1 Å². The number of hydrogen-bond acceptors (Lipinski definition) is 6. The highest BCUT2D eigenvalue weighted by molar-refractivity contribution is 6.46. The van der Waals surface area contributed by atoms with E-state index in [-0.39, 0.29) is 11.3 Å². The number of carbonyl (C=O) groups excluding carboxylic acids is 2. The number of aliphatic hydroxyl groups excluding tert-OH is 1. The largest absolute Gasteiger partial charge is 0.507 e. The number of unbranched alkanes of at least 4 members (excludes halogenated alkanes) is 1. The van der Waals surface area contributed by atoms with E-state index in [4.69, 9.17) is 14.2 Å². The molecule has 176 valence electrons. The number of para-hydroxylation sites is 1. The maximum atomic E-state index is 13.1. The topological polar surface area (TPSA) is 85.3 Å². The van der Waals surface area contributed by atoms with Gasteiger partial charge in [-0.15, -0.1) is 0 Å². The van der Waals surface area contributed by atoms with Crippen molar-refractivity contribution in [3.05, 3.63) is 65.2 Å². The quantitative estimate of drug-likeness (QED) is 0.236. The van der Waals surface area contributed by atoms with E-state index in [1.807, 2.05) is 12.1 Å². The third-order valence-electron chi connectivity index (χ3n) is 5.62. The van der Waals surface area contributed by atoms with Crippen LogP contribution < -0.4 is 9.47 Å². The fraction of sp³-hybridized carbons (Fsp3) is 0.385. The smallest absolute Gasteiger partial charge is 0.295 e. The molecule has 1 amide bonds. The molecule has 0 spiro atoms. The van der Waals surface area contributed by atoms with E-state index in [9.17, 15) is 14.7 Å². The molecule has 0 bridgehead atoms. The summed E-state index contributed by atoms with van der Waals surface area (Å²) in [5.41, 5.74) is 1.12. The monoisotopic (exact) mass is 453 g/mol. The fourth-order valence-corrected chi connectivity index (χ4v) is 3.90. The van der Waals surface area contributed by atoms with Crippen LogP contribution in [0.1, 0.15) is 43.4 Å². The average molecular weight is 454 g/mol. The summed E-state index contributed by atoms with van der Waals surface area (Å²) in [4.78, 5) is 27.5. The Morgan fingerprint density at radius 2 is 1.73 bits per heavy atom. The molecule has 0 radical (unpaired) electrons. The number of ether oxygens (including phenoxy) is 3. The van der Waals surface area contributed by atoms with E-state index in [1.54, 1.807) is 43.5 Å². The van der Waals surface area contributed by atoms with Crippen LogP contribution in [0.5, 0.6) is 11.5 Å². The number of methoxy groups -OCH3 is 2. The van der Waals surface area contributed by atoms with Gasteiger partial charge in [0.2, 0.25) is 0 Å². The zero-order chi connectivity index (χ0) is 23.8. The average Bonchev–Trinajstić information content (AvgIpc) is 3.09.